The van der Waals surface area contributed by atoms with Crippen molar-refractivity contribution in [1.29, 1.82) is 0 Å². The summed E-state index contributed by atoms with van der Waals surface area (Å²) in [5, 5.41) is 0. The van der Waals surface area contributed by atoms with Gasteiger partial charge in [-0.1, -0.05) is 39.0 Å². The molecule has 7 atom stereocenters. The van der Waals surface area contributed by atoms with Crippen LogP contribution in [0.15, 0.2) is 0 Å². The van der Waals surface area contributed by atoms with Crippen molar-refractivity contribution in [2.45, 2.75) is 84.0 Å². The first kappa shape index (κ1) is 13.6. The van der Waals surface area contributed by atoms with Gasteiger partial charge in [-0.3, -0.25) is 0 Å². The quantitative estimate of drug-likeness (QED) is 0.545. The van der Waals surface area contributed by atoms with Crippen molar-refractivity contribution >= 4 is 0 Å². The minimum absolute atomic E-state index is 1.08. The molecule has 0 aromatic heterocycles. The fourth-order valence-corrected chi connectivity index (χ4v) is 7.11. The van der Waals surface area contributed by atoms with Gasteiger partial charge in [0, 0.05) is 0 Å². The van der Waals surface area contributed by atoms with E-state index < -0.39 is 0 Å². The Kier molecular flexibility index (Phi) is 3.86. The molecule has 4 aliphatic carbocycles. The monoisotopic (exact) mass is 274 g/mol. The van der Waals surface area contributed by atoms with E-state index in [1.54, 1.807) is 70.6 Å². The maximum absolute atomic E-state index is 2.42. The van der Waals surface area contributed by atoms with E-state index in [1.165, 1.54) is 6.42 Å². The van der Waals surface area contributed by atoms with E-state index in [0.29, 0.717) is 0 Å². The van der Waals surface area contributed by atoms with Gasteiger partial charge in [-0.25, -0.2) is 0 Å². The molecule has 0 nitrogen and oxygen atoms in total. The molecule has 4 rings (SSSR count). The number of hydrogen-bond acceptors (Lipinski definition) is 0. The van der Waals surface area contributed by atoms with Crippen LogP contribution in [0.25, 0.3) is 0 Å². The van der Waals surface area contributed by atoms with E-state index in [1.807, 2.05) is 0 Å². The van der Waals surface area contributed by atoms with Crippen molar-refractivity contribution < 1.29 is 0 Å². The number of fused-ring (bicyclic) bond motifs is 5. The van der Waals surface area contributed by atoms with Crippen LogP contribution in [0.3, 0.4) is 0 Å². The molecular weight excluding hydrogens is 240 g/mol. The molecule has 0 heteroatoms. The Morgan fingerprint density at radius 2 is 1.25 bits per heavy atom. The SMILES string of the molecule is CCC1CCC2C(CCC3C4CCCCC4CCC23)C1. The van der Waals surface area contributed by atoms with Gasteiger partial charge < -0.3 is 0 Å². The lowest BCUT2D eigenvalue weighted by molar-refractivity contribution is -0.0488. The molecule has 0 amide bonds. The summed E-state index contributed by atoms with van der Waals surface area (Å²) in [6.07, 6.45) is 18.9. The summed E-state index contributed by atoms with van der Waals surface area (Å²) in [6.45, 7) is 2.42. The fraction of sp³-hybridized carbons (Fsp3) is 1.00. The van der Waals surface area contributed by atoms with Crippen molar-refractivity contribution in [1.82, 2.24) is 0 Å². The predicted octanol–water partition coefficient (Wildman–Crippen LogP) is 6.06. The zero-order valence-corrected chi connectivity index (χ0v) is 13.5. The van der Waals surface area contributed by atoms with Gasteiger partial charge in [-0.05, 0) is 86.4 Å². The van der Waals surface area contributed by atoms with Gasteiger partial charge in [0.2, 0.25) is 0 Å². The smallest absolute Gasteiger partial charge is 0.0352 e. The highest BCUT2D eigenvalue weighted by Gasteiger charge is 2.48. The molecule has 4 fully saturated rings. The standard InChI is InChI=1S/C20H34/c1-2-14-7-10-18-16(13-14)9-12-19-17-6-4-3-5-15(17)8-11-20(18)19/h14-20H,2-13H2,1H3. The maximum atomic E-state index is 2.42. The Balaban J connectivity index is 1.49. The molecule has 0 aromatic carbocycles. The van der Waals surface area contributed by atoms with Crippen molar-refractivity contribution in [3.05, 3.63) is 0 Å². The molecule has 0 saturated heterocycles. The third-order valence-electron chi connectivity index (χ3n) is 8.09. The summed E-state index contributed by atoms with van der Waals surface area (Å²) in [6, 6.07) is 0. The maximum Gasteiger partial charge on any atom is -0.0352 e. The topological polar surface area (TPSA) is 0 Å². The molecule has 0 spiro atoms. The van der Waals surface area contributed by atoms with Crippen molar-refractivity contribution in [2.24, 2.45) is 41.4 Å². The van der Waals surface area contributed by atoms with Crippen LogP contribution < -0.4 is 0 Å². The van der Waals surface area contributed by atoms with Crippen molar-refractivity contribution in [2.75, 3.05) is 0 Å². The lowest BCUT2D eigenvalue weighted by Gasteiger charge is -2.55. The Morgan fingerprint density at radius 1 is 0.600 bits per heavy atom. The van der Waals surface area contributed by atoms with Crippen LogP contribution in [0, 0.1) is 41.4 Å². The van der Waals surface area contributed by atoms with Gasteiger partial charge in [0.25, 0.3) is 0 Å². The summed E-state index contributed by atoms with van der Waals surface area (Å²) >= 11 is 0. The summed E-state index contributed by atoms with van der Waals surface area (Å²) < 4.78 is 0. The lowest BCUT2D eigenvalue weighted by Crippen LogP contribution is -2.46. The Hall–Kier alpha value is 0. The third-order valence-corrected chi connectivity index (χ3v) is 8.09. The first-order valence-electron chi connectivity index (χ1n) is 9.86. The molecule has 0 radical (unpaired) electrons. The van der Waals surface area contributed by atoms with Crippen LogP contribution in [0.4, 0.5) is 0 Å². The highest BCUT2D eigenvalue weighted by atomic mass is 14.5. The van der Waals surface area contributed by atoms with Crippen LogP contribution in [-0.2, 0) is 0 Å². The average Bonchev–Trinajstić information content (AvgIpc) is 2.53. The summed E-state index contributed by atoms with van der Waals surface area (Å²) in [5.41, 5.74) is 0. The highest BCUT2D eigenvalue weighted by molar-refractivity contribution is 4.98. The van der Waals surface area contributed by atoms with Gasteiger partial charge >= 0.3 is 0 Å². The minimum Gasteiger partial charge on any atom is -0.0651 e. The largest absolute Gasteiger partial charge is 0.0651 e. The Labute approximate surface area is 126 Å². The van der Waals surface area contributed by atoms with Gasteiger partial charge in [-0.15, -0.1) is 0 Å². The molecule has 0 heterocycles. The third kappa shape index (κ3) is 2.26. The molecule has 114 valence electrons. The van der Waals surface area contributed by atoms with Crippen LogP contribution >= 0.6 is 0 Å². The summed E-state index contributed by atoms with van der Waals surface area (Å²) in [4.78, 5) is 0. The van der Waals surface area contributed by atoms with Gasteiger partial charge in [-0.2, -0.15) is 0 Å². The highest BCUT2D eigenvalue weighted by Crippen LogP contribution is 2.57. The molecular formula is C20H34. The first-order valence-corrected chi connectivity index (χ1v) is 9.86. The second kappa shape index (κ2) is 5.65. The van der Waals surface area contributed by atoms with E-state index in [0.717, 1.165) is 41.4 Å². The van der Waals surface area contributed by atoms with E-state index in [2.05, 4.69) is 6.92 Å². The van der Waals surface area contributed by atoms with Crippen LogP contribution in [0.5, 0.6) is 0 Å². The Bertz CT molecular complexity index is 333. The molecule has 4 saturated carbocycles. The lowest BCUT2D eigenvalue weighted by atomic mass is 9.51. The van der Waals surface area contributed by atoms with Gasteiger partial charge in [0.05, 0.1) is 0 Å². The second-order valence-corrected chi connectivity index (χ2v) is 8.70. The molecule has 0 bridgehead atoms. The van der Waals surface area contributed by atoms with Gasteiger partial charge in [0.1, 0.15) is 0 Å². The molecule has 0 aliphatic heterocycles. The van der Waals surface area contributed by atoms with Gasteiger partial charge in [0.15, 0.2) is 0 Å². The molecule has 0 aromatic rings. The van der Waals surface area contributed by atoms with E-state index in [4.69, 9.17) is 0 Å². The van der Waals surface area contributed by atoms with Crippen molar-refractivity contribution in [3.8, 4) is 0 Å². The molecule has 4 aliphatic rings. The first-order chi connectivity index (χ1) is 9.86. The zero-order valence-electron chi connectivity index (χ0n) is 13.5. The fourth-order valence-electron chi connectivity index (χ4n) is 7.11. The summed E-state index contributed by atoms with van der Waals surface area (Å²) in [5.74, 6) is 7.99. The van der Waals surface area contributed by atoms with E-state index >= 15 is 0 Å². The molecule has 0 N–H and O–H groups in total. The summed E-state index contributed by atoms with van der Waals surface area (Å²) in [7, 11) is 0. The molecule has 7 unspecified atom stereocenters. The number of hydrogen-bond donors (Lipinski definition) is 0. The number of rotatable bonds is 1. The van der Waals surface area contributed by atoms with E-state index in [9.17, 15) is 0 Å². The van der Waals surface area contributed by atoms with Crippen LogP contribution in [0.2, 0.25) is 0 Å². The average molecular weight is 274 g/mol. The minimum atomic E-state index is 1.08. The van der Waals surface area contributed by atoms with Crippen LogP contribution in [-0.4, -0.2) is 0 Å². The predicted molar refractivity (Wildman–Crippen MR) is 85.5 cm³/mol. The van der Waals surface area contributed by atoms with Crippen LogP contribution in [0.1, 0.15) is 84.0 Å². The Morgan fingerprint density at radius 3 is 2.05 bits per heavy atom. The second-order valence-electron chi connectivity index (χ2n) is 8.70. The zero-order chi connectivity index (χ0) is 13.5. The van der Waals surface area contributed by atoms with E-state index in [-0.39, 0.29) is 0 Å². The normalized spacial score (nSPS) is 51.8. The van der Waals surface area contributed by atoms with Crippen molar-refractivity contribution in [3.63, 3.8) is 0 Å². The molecule has 20 heavy (non-hydrogen) atoms.